The number of fused-ring (bicyclic) bond motifs is 5. The van der Waals surface area contributed by atoms with Gasteiger partial charge in [-0.05, 0) is 39.8 Å². The molecule has 0 unspecified atom stereocenters. The number of ketones is 1. The van der Waals surface area contributed by atoms with Crippen LogP contribution in [0.3, 0.4) is 0 Å². The highest BCUT2D eigenvalue weighted by molar-refractivity contribution is 6.09. The summed E-state index contributed by atoms with van der Waals surface area (Å²) < 4.78 is 14.3. The molecule has 1 aliphatic carbocycles. The summed E-state index contributed by atoms with van der Waals surface area (Å²) >= 11 is 0. The van der Waals surface area contributed by atoms with E-state index in [0.29, 0.717) is 18.2 Å². The summed E-state index contributed by atoms with van der Waals surface area (Å²) in [4.78, 5) is 11.6. The van der Waals surface area contributed by atoms with Gasteiger partial charge in [0.25, 0.3) is 0 Å². The lowest BCUT2D eigenvalue weighted by Crippen LogP contribution is -2.13. The molecular weight excluding hydrogens is 251 g/mol. The third-order valence-electron chi connectivity index (χ3n) is 4.24. The van der Waals surface area contributed by atoms with Gasteiger partial charge in [0.2, 0.25) is 0 Å². The number of benzene rings is 3. The number of hydrogen-bond donors (Lipinski definition) is 0. The Bertz CT molecular complexity index is 864. The third kappa shape index (κ3) is 1.58. The second kappa shape index (κ2) is 4.14. The molecule has 0 saturated carbocycles. The molecule has 3 aromatic carbocycles. The minimum atomic E-state index is -0.182. The van der Waals surface area contributed by atoms with E-state index in [1.807, 2.05) is 36.4 Å². The van der Waals surface area contributed by atoms with E-state index in [-0.39, 0.29) is 11.6 Å². The van der Waals surface area contributed by atoms with Crippen molar-refractivity contribution in [2.75, 3.05) is 0 Å². The van der Waals surface area contributed by atoms with Gasteiger partial charge in [-0.1, -0.05) is 36.4 Å². The number of halogens is 1. The van der Waals surface area contributed by atoms with Crippen LogP contribution in [0.25, 0.3) is 21.5 Å². The number of carbonyl (C=O) groups excluding carboxylic acids is 1. The molecule has 0 atom stereocenters. The summed E-state index contributed by atoms with van der Waals surface area (Å²) in [6.45, 7) is 0. The van der Waals surface area contributed by atoms with Crippen molar-refractivity contribution in [2.45, 2.75) is 19.3 Å². The molecule has 1 aliphatic rings. The minimum absolute atomic E-state index is 0.182. The molecule has 4 rings (SSSR count). The van der Waals surface area contributed by atoms with Gasteiger partial charge in [0, 0.05) is 18.2 Å². The molecule has 0 fully saturated rings. The lowest BCUT2D eigenvalue weighted by atomic mass is 9.86. The van der Waals surface area contributed by atoms with Gasteiger partial charge in [0.15, 0.2) is 0 Å². The predicted octanol–water partition coefficient (Wildman–Crippen LogP) is 4.19. The van der Waals surface area contributed by atoms with Crippen LogP contribution in [0.4, 0.5) is 4.39 Å². The Labute approximate surface area is 116 Å². The molecule has 20 heavy (non-hydrogen) atoms. The van der Waals surface area contributed by atoms with Crippen LogP contribution in [-0.4, -0.2) is 5.78 Å². The highest BCUT2D eigenvalue weighted by Crippen LogP contribution is 2.33. The van der Waals surface area contributed by atoms with E-state index in [0.717, 1.165) is 33.7 Å². The third-order valence-corrected chi connectivity index (χ3v) is 4.24. The largest absolute Gasteiger partial charge is 0.299 e. The number of rotatable bonds is 0. The standard InChI is InChI=1S/C18H13FO/c19-18-10-17-13-8-6-12(20)9-11(13)5-7-15(17)14-3-1-2-4-16(14)18/h1-5,7,10H,6,8-9H2. The van der Waals surface area contributed by atoms with Crippen LogP contribution < -0.4 is 0 Å². The zero-order valence-electron chi connectivity index (χ0n) is 10.9. The number of hydrogen-bond acceptors (Lipinski definition) is 1. The lowest BCUT2D eigenvalue weighted by Gasteiger charge is -2.18. The normalized spacial score (nSPS) is 14.8. The summed E-state index contributed by atoms with van der Waals surface area (Å²) in [6.07, 6.45) is 1.78. The first-order chi connectivity index (χ1) is 9.74. The first kappa shape index (κ1) is 11.6. The average molecular weight is 264 g/mol. The smallest absolute Gasteiger partial charge is 0.137 e. The van der Waals surface area contributed by atoms with Crippen molar-refractivity contribution in [3.8, 4) is 0 Å². The maximum absolute atomic E-state index is 14.3. The molecule has 98 valence electrons. The predicted molar refractivity (Wildman–Crippen MR) is 78.4 cm³/mol. The van der Waals surface area contributed by atoms with Gasteiger partial charge in [0.1, 0.15) is 11.6 Å². The zero-order chi connectivity index (χ0) is 13.7. The highest BCUT2D eigenvalue weighted by Gasteiger charge is 2.19. The molecule has 0 saturated heterocycles. The van der Waals surface area contributed by atoms with Crippen LogP contribution in [0.1, 0.15) is 17.5 Å². The second-order valence-corrected chi connectivity index (χ2v) is 5.42. The van der Waals surface area contributed by atoms with Crippen molar-refractivity contribution < 1.29 is 9.18 Å². The molecule has 3 aromatic rings. The molecular formula is C18H13FO. The Balaban J connectivity index is 2.14. The average Bonchev–Trinajstić information content (AvgIpc) is 2.47. The maximum atomic E-state index is 14.3. The van der Waals surface area contributed by atoms with Crippen LogP contribution in [0, 0.1) is 5.82 Å². The first-order valence-corrected chi connectivity index (χ1v) is 6.87. The van der Waals surface area contributed by atoms with E-state index in [1.165, 1.54) is 0 Å². The summed E-state index contributed by atoms with van der Waals surface area (Å²) in [5.74, 6) is 0.0940. The number of carbonyl (C=O) groups is 1. The summed E-state index contributed by atoms with van der Waals surface area (Å²) in [6, 6.07) is 13.2. The molecule has 0 radical (unpaired) electrons. The molecule has 1 nitrogen and oxygen atoms in total. The van der Waals surface area contributed by atoms with Gasteiger partial charge in [0.05, 0.1) is 0 Å². The fourth-order valence-electron chi connectivity index (χ4n) is 3.27. The molecule has 0 amide bonds. The fraction of sp³-hybridized carbons (Fsp3) is 0.167. The summed E-state index contributed by atoms with van der Waals surface area (Å²) in [5, 5.41) is 3.65. The SMILES string of the molecule is O=C1CCc2c(ccc3c2cc(F)c2ccccc23)C1. The van der Waals surface area contributed by atoms with Crippen LogP contribution in [0.15, 0.2) is 42.5 Å². The molecule has 0 spiro atoms. The molecule has 0 bridgehead atoms. The first-order valence-electron chi connectivity index (χ1n) is 6.87. The van der Waals surface area contributed by atoms with Gasteiger partial charge in [-0.2, -0.15) is 0 Å². The molecule has 2 heteroatoms. The molecule has 0 aliphatic heterocycles. The van der Waals surface area contributed by atoms with E-state index in [1.54, 1.807) is 6.07 Å². The Morgan fingerprint density at radius 1 is 0.850 bits per heavy atom. The van der Waals surface area contributed by atoms with Crippen molar-refractivity contribution in [1.29, 1.82) is 0 Å². The summed E-state index contributed by atoms with van der Waals surface area (Å²) in [7, 11) is 0. The van der Waals surface area contributed by atoms with Crippen molar-refractivity contribution >= 4 is 27.3 Å². The summed E-state index contributed by atoms with van der Waals surface area (Å²) in [5.41, 5.74) is 2.20. The van der Waals surface area contributed by atoms with Crippen molar-refractivity contribution in [3.63, 3.8) is 0 Å². The molecule has 0 heterocycles. The van der Waals surface area contributed by atoms with Crippen LogP contribution >= 0.6 is 0 Å². The Hall–Kier alpha value is -2.22. The Kier molecular flexibility index (Phi) is 2.40. The monoisotopic (exact) mass is 264 g/mol. The van der Waals surface area contributed by atoms with Crippen molar-refractivity contribution in [3.05, 3.63) is 59.4 Å². The zero-order valence-corrected chi connectivity index (χ0v) is 10.9. The van der Waals surface area contributed by atoms with Gasteiger partial charge < -0.3 is 0 Å². The lowest BCUT2D eigenvalue weighted by molar-refractivity contribution is -0.118. The van der Waals surface area contributed by atoms with Gasteiger partial charge in [-0.3, -0.25) is 4.79 Å². The maximum Gasteiger partial charge on any atom is 0.137 e. The molecule has 0 N–H and O–H groups in total. The number of Topliss-reactive ketones (excluding diaryl/α,β-unsaturated/α-hetero) is 1. The van der Waals surface area contributed by atoms with E-state index in [9.17, 15) is 9.18 Å². The Morgan fingerprint density at radius 3 is 2.45 bits per heavy atom. The number of aryl methyl sites for hydroxylation is 1. The van der Waals surface area contributed by atoms with E-state index >= 15 is 0 Å². The van der Waals surface area contributed by atoms with Crippen molar-refractivity contribution in [2.24, 2.45) is 0 Å². The van der Waals surface area contributed by atoms with E-state index in [2.05, 4.69) is 0 Å². The van der Waals surface area contributed by atoms with Crippen LogP contribution in [0.2, 0.25) is 0 Å². The topological polar surface area (TPSA) is 17.1 Å². The Morgan fingerprint density at radius 2 is 1.60 bits per heavy atom. The van der Waals surface area contributed by atoms with Crippen LogP contribution in [0.5, 0.6) is 0 Å². The van der Waals surface area contributed by atoms with Crippen LogP contribution in [-0.2, 0) is 17.6 Å². The van der Waals surface area contributed by atoms with E-state index < -0.39 is 0 Å². The van der Waals surface area contributed by atoms with Gasteiger partial charge in [-0.25, -0.2) is 4.39 Å². The fourth-order valence-corrected chi connectivity index (χ4v) is 3.27. The molecule has 0 aromatic heterocycles. The van der Waals surface area contributed by atoms with Crippen molar-refractivity contribution in [1.82, 2.24) is 0 Å². The van der Waals surface area contributed by atoms with E-state index in [4.69, 9.17) is 0 Å². The van der Waals surface area contributed by atoms with Gasteiger partial charge in [-0.15, -0.1) is 0 Å². The quantitative estimate of drug-likeness (QED) is 0.556. The highest BCUT2D eigenvalue weighted by atomic mass is 19.1. The minimum Gasteiger partial charge on any atom is -0.299 e. The second-order valence-electron chi connectivity index (χ2n) is 5.42. The van der Waals surface area contributed by atoms with Gasteiger partial charge >= 0.3 is 0 Å².